The van der Waals surface area contributed by atoms with E-state index in [2.05, 4.69) is 10.3 Å². The summed E-state index contributed by atoms with van der Waals surface area (Å²) in [6.07, 6.45) is 5.85. The summed E-state index contributed by atoms with van der Waals surface area (Å²) in [5.74, 6) is 0.534. The maximum Gasteiger partial charge on any atom is 0.140 e. The molecule has 3 heterocycles. The van der Waals surface area contributed by atoms with Crippen LogP contribution in [0.2, 0.25) is 0 Å². The van der Waals surface area contributed by atoms with Crippen molar-refractivity contribution < 1.29 is 9.53 Å². The van der Waals surface area contributed by atoms with Crippen LogP contribution in [0.4, 0.5) is 0 Å². The smallest absolute Gasteiger partial charge is 0.140 e. The molecule has 4 heteroatoms. The van der Waals surface area contributed by atoms with Gasteiger partial charge in [-0.3, -0.25) is 9.78 Å². The van der Waals surface area contributed by atoms with E-state index in [1.165, 1.54) is 0 Å². The van der Waals surface area contributed by atoms with Gasteiger partial charge in [-0.25, -0.2) is 0 Å². The Balaban J connectivity index is 1.63. The number of pyridine rings is 1. The molecule has 4 nitrogen and oxygen atoms in total. The second-order valence-corrected chi connectivity index (χ2v) is 5.27. The normalized spacial score (nSPS) is 31.0. The number of nitrogens with zero attached hydrogens (tertiary/aromatic N) is 1. The van der Waals surface area contributed by atoms with Crippen molar-refractivity contribution in [1.29, 1.82) is 0 Å². The summed E-state index contributed by atoms with van der Waals surface area (Å²) in [4.78, 5) is 16.4. The molecule has 0 radical (unpaired) electrons. The van der Waals surface area contributed by atoms with Crippen LogP contribution in [-0.2, 0) is 16.0 Å². The van der Waals surface area contributed by atoms with Gasteiger partial charge in [-0.05, 0) is 24.5 Å². The van der Waals surface area contributed by atoms with Gasteiger partial charge in [-0.15, -0.1) is 0 Å². The van der Waals surface area contributed by atoms with Gasteiger partial charge in [0.05, 0.1) is 13.2 Å². The van der Waals surface area contributed by atoms with E-state index in [-0.39, 0.29) is 5.92 Å². The average Bonchev–Trinajstić information content (AvgIpc) is 2.39. The van der Waals surface area contributed by atoms with Gasteiger partial charge in [-0.1, -0.05) is 6.07 Å². The fourth-order valence-electron chi connectivity index (χ4n) is 2.95. The molecule has 2 saturated heterocycles. The van der Waals surface area contributed by atoms with Crippen molar-refractivity contribution >= 4 is 5.78 Å². The fourth-order valence-corrected chi connectivity index (χ4v) is 2.95. The van der Waals surface area contributed by atoms with E-state index in [1.807, 2.05) is 12.1 Å². The SMILES string of the molecule is O=C(Cc1cccnc1)C1CC2COCC(C1)N2. The van der Waals surface area contributed by atoms with E-state index < -0.39 is 0 Å². The van der Waals surface area contributed by atoms with Gasteiger partial charge in [-0.2, -0.15) is 0 Å². The maximum absolute atomic E-state index is 12.3. The molecule has 2 fully saturated rings. The number of aromatic nitrogens is 1. The van der Waals surface area contributed by atoms with Crippen LogP contribution in [0.25, 0.3) is 0 Å². The van der Waals surface area contributed by atoms with E-state index in [9.17, 15) is 4.79 Å². The number of carbonyl (C=O) groups excluding carboxylic acids is 1. The molecule has 0 aliphatic carbocycles. The number of ether oxygens (including phenoxy) is 1. The van der Waals surface area contributed by atoms with Gasteiger partial charge in [0.25, 0.3) is 0 Å². The van der Waals surface area contributed by atoms with Crippen molar-refractivity contribution in [2.24, 2.45) is 5.92 Å². The number of fused-ring (bicyclic) bond motifs is 2. The molecule has 2 bridgehead atoms. The molecule has 0 aromatic carbocycles. The van der Waals surface area contributed by atoms with Gasteiger partial charge >= 0.3 is 0 Å². The van der Waals surface area contributed by atoms with Crippen LogP contribution in [0.1, 0.15) is 18.4 Å². The highest BCUT2D eigenvalue weighted by atomic mass is 16.5. The standard InChI is InChI=1S/C14H18N2O2/c17-14(4-10-2-1-3-15-7-10)11-5-12-8-18-9-13(6-11)16-12/h1-3,7,11-13,16H,4-6,8-9H2. The maximum atomic E-state index is 12.3. The molecule has 2 aliphatic heterocycles. The predicted octanol–water partition coefficient (Wildman–Crippen LogP) is 0.960. The molecule has 2 unspecified atom stereocenters. The van der Waals surface area contributed by atoms with Crippen LogP contribution < -0.4 is 5.32 Å². The Morgan fingerprint density at radius 1 is 1.39 bits per heavy atom. The van der Waals surface area contributed by atoms with Crippen molar-refractivity contribution in [2.75, 3.05) is 13.2 Å². The monoisotopic (exact) mass is 246 g/mol. The number of piperidine rings is 1. The highest BCUT2D eigenvalue weighted by Gasteiger charge is 2.34. The zero-order valence-corrected chi connectivity index (χ0v) is 10.3. The van der Waals surface area contributed by atoms with Crippen LogP contribution in [0, 0.1) is 5.92 Å². The largest absolute Gasteiger partial charge is 0.378 e. The third-order valence-electron chi connectivity index (χ3n) is 3.80. The quantitative estimate of drug-likeness (QED) is 0.863. The first kappa shape index (κ1) is 11.8. The second kappa shape index (κ2) is 5.16. The summed E-state index contributed by atoms with van der Waals surface area (Å²) in [5.41, 5.74) is 1.02. The Morgan fingerprint density at radius 3 is 2.83 bits per heavy atom. The Morgan fingerprint density at radius 2 is 2.17 bits per heavy atom. The van der Waals surface area contributed by atoms with Crippen molar-refractivity contribution in [1.82, 2.24) is 10.3 Å². The number of ketones is 1. The van der Waals surface area contributed by atoms with Crippen LogP contribution in [0.5, 0.6) is 0 Å². The molecule has 2 aliphatic rings. The number of nitrogens with one attached hydrogen (secondary N) is 1. The lowest BCUT2D eigenvalue weighted by Crippen LogP contribution is -2.55. The third kappa shape index (κ3) is 2.60. The molecule has 18 heavy (non-hydrogen) atoms. The number of Topliss-reactive ketones (excluding diaryl/α,β-unsaturated/α-hetero) is 1. The highest BCUT2D eigenvalue weighted by molar-refractivity contribution is 5.83. The van der Waals surface area contributed by atoms with Crippen LogP contribution in [0.3, 0.4) is 0 Å². The van der Waals surface area contributed by atoms with Gasteiger partial charge in [0.15, 0.2) is 0 Å². The summed E-state index contributed by atoms with van der Waals surface area (Å²) in [6, 6.07) is 4.57. The molecular weight excluding hydrogens is 228 g/mol. The van der Waals surface area contributed by atoms with E-state index in [0.29, 0.717) is 24.3 Å². The van der Waals surface area contributed by atoms with E-state index in [4.69, 9.17) is 4.74 Å². The number of morpholine rings is 1. The molecule has 1 aromatic heterocycles. The summed E-state index contributed by atoms with van der Waals surface area (Å²) in [6.45, 7) is 1.49. The zero-order valence-electron chi connectivity index (χ0n) is 10.3. The number of hydrogen-bond donors (Lipinski definition) is 1. The first-order valence-corrected chi connectivity index (χ1v) is 6.56. The van der Waals surface area contributed by atoms with Crippen molar-refractivity contribution in [3.8, 4) is 0 Å². The third-order valence-corrected chi connectivity index (χ3v) is 3.80. The van der Waals surface area contributed by atoms with Gasteiger partial charge < -0.3 is 10.1 Å². The molecule has 0 spiro atoms. The predicted molar refractivity (Wildman–Crippen MR) is 67.2 cm³/mol. The summed E-state index contributed by atoms with van der Waals surface area (Å²) < 4.78 is 5.50. The van der Waals surface area contributed by atoms with E-state index >= 15 is 0 Å². The summed E-state index contributed by atoms with van der Waals surface area (Å²) in [5, 5.41) is 3.51. The Labute approximate surface area is 107 Å². The Kier molecular flexibility index (Phi) is 3.39. The molecule has 3 rings (SSSR count). The topological polar surface area (TPSA) is 51.2 Å². The van der Waals surface area contributed by atoms with E-state index in [0.717, 1.165) is 31.6 Å². The first-order valence-electron chi connectivity index (χ1n) is 6.56. The number of rotatable bonds is 3. The summed E-state index contributed by atoms with van der Waals surface area (Å²) >= 11 is 0. The van der Waals surface area contributed by atoms with Crippen molar-refractivity contribution in [3.63, 3.8) is 0 Å². The van der Waals surface area contributed by atoms with Gasteiger partial charge in [0, 0.05) is 36.8 Å². The second-order valence-electron chi connectivity index (χ2n) is 5.27. The minimum atomic E-state index is 0.186. The van der Waals surface area contributed by atoms with E-state index in [1.54, 1.807) is 12.4 Å². The first-order chi connectivity index (χ1) is 8.81. The van der Waals surface area contributed by atoms with Gasteiger partial charge in [0.2, 0.25) is 0 Å². The van der Waals surface area contributed by atoms with Gasteiger partial charge in [0.1, 0.15) is 5.78 Å². The Hall–Kier alpha value is -1.26. The van der Waals surface area contributed by atoms with Crippen molar-refractivity contribution in [3.05, 3.63) is 30.1 Å². The van der Waals surface area contributed by atoms with Crippen molar-refractivity contribution in [2.45, 2.75) is 31.3 Å². The molecule has 2 atom stereocenters. The Bertz CT molecular complexity index is 409. The minimum Gasteiger partial charge on any atom is -0.378 e. The number of carbonyl (C=O) groups is 1. The summed E-state index contributed by atoms with van der Waals surface area (Å²) in [7, 11) is 0. The lowest BCUT2D eigenvalue weighted by atomic mass is 9.82. The van der Waals surface area contributed by atoms with Crippen LogP contribution >= 0.6 is 0 Å². The van der Waals surface area contributed by atoms with Crippen LogP contribution in [0.15, 0.2) is 24.5 Å². The molecule has 0 amide bonds. The lowest BCUT2D eigenvalue weighted by Gasteiger charge is -2.39. The number of hydrogen-bond acceptors (Lipinski definition) is 4. The molecule has 96 valence electrons. The van der Waals surface area contributed by atoms with Crippen LogP contribution in [-0.4, -0.2) is 36.1 Å². The molecule has 1 aromatic rings. The average molecular weight is 246 g/mol. The minimum absolute atomic E-state index is 0.186. The highest BCUT2D eigenvalue weighted by Crippen LogP contribution is 2.25. The zero-order chi connectivity index (χ0) is 12.4. The molecule has 0 saturated carbocycles. The fraction of sp³-hybridized carbons (Fsp3) is 0.571. The lowest BCUT2D eigenvalue weighted by molar-refractivity contribution is -0.125. The molecular formula is C14H18N2O2. The molecule has 1 N–H and O–H groups in total.